The van der Waals surface area contributed by atoms with Crippen molar-refractivity contribution in [2.45, 2.75) is 33.7 Å². The van der Waals surface area contributed by atoms with Gasteiger partial charge < -0.3 is 5.73 Å². The molecule has 0 unspecified atom stereocenters. The second-order valence-electron chi connectivity index (χ2n) is 4.82. The Hall–Kier alpha value is -1.96. The number of carbonyl (C=O) groups is 1. The van der Waals surface area contributed by atoms with Crippen LogP contribution in [0.3, 0.4) is 0 Å². The lowest BCUT2D eigenvalue weighted by Gasteiger charge is -2.04. The molecule has 0 saturated carbocycles. The van der Waals surface area contributed by atoms with E-state index in [0.717, 1.165) is 11.4 Å². The van der Waals surface area contributed by atoms with Crippen molar-refractivity contribution >= 4 is 28.1 Å². The highest BCUT2D eigenvalue weighted by Gasteiger charge is 2.18. The van der Waals surface area contributed by atoms with Gasteiger partial charge in [-0.3, -0.25) is 14.8 Å². The first kappa shape index (κ1) is 14.4. The van der Waals surface area contributed by atoms with Crippen molar-refractivity contribution in [3.05, 3.63) is 16.9 Å². The molecule has 0 atom stereocenters. The zero-order valence-electron chi connectivity index (χ0n) is 11.8. The summed E-state index contributed by atoms with van der Waals surface area (Å²) >= 11 is 1.38. The van der Waals surface area contributed by atoms with Crippen LogP contribution in [0.1, 0.15) is 36.3 Å². The highest BCUT2D eigenvalue weighted by molar-refractivity contribution is 7.15. The van der Waals surface area contributed by atoms with Crippen LogP contribution in [0.15, 0.2) is 6.20 Å². The first-order valence-electron chi connectivity index (χ1n) is 6.46. The highest BCUT2D eigenvalue weighted by Crippen LogP contribution is 2.20. The Morgan fingerprint density at radius 2 is 2.25 bits per heavy atom. The number of anilines is 2. The van der Waals surface area contributed by atoms with Gasteiger partial charge in [-0.05, 0) is 12.8 Å². The predicted octanol–water partition coefficient (Wildman–Crippen LogP) is 1.79. The smallest absolute Gasteiger partial charge is 0.277 e. The van der Waals surface area contributed by atoms with Gasteiger partial charge in [0.25, 0.3) is 5.91 Å². The van der Waals surface area contributed by atoms with E-state index in [-0.39, 0.29) is 5.91 Å². The molecule has 0 radical (unpaired) electrons. The molecular weight excluding hydrogens is 276 g/mol. The molecule has 7 nitrogen and oxygen atoms in total. The fraction of sp³-hybridized carbons (Fsp3) is 0.500. The highest BCUT2D eigenvalue weighted by atomic mass is 32.1. The number of aryl methyl sites for hydroxylation is 1. The van der Waals surface area contributed by atoms with Crippen molar-refractivity contribution in [3.63, 3.8) is 0 Å². The van der Waals surface area contributed by atoms with Gasteiger partial charge in [-0.1, -0.05) is 25.2 Å². The molecule has 0 saturated heterocycles. The maximum Gasteiger partial charge on any atom is 0.277 e. The van der Waals surface area contributed by atoms with Crippen molar-refractivity contribution in [1.82, 2.24) is 20.0 Å². The number of nitrogens with zero attached hydrogens (tertiary/aromatic N) is 4. The van der Waals surface area contributed by atoms with Gasteiger partial charge in [0.1, 0.15) is 10.7 Å². The van der Waals surface area contributed by atoms with Gasteiger partial charge in [-0.15, -0.1) is 10.2 Å². The summed E-state index contributed by atoms with van der Waals surface area (Å²) in [6, 6.07) is 0. The Morgan fingerprint density at radius 3 is 2.90 bits per heavy atom. The van der Waals surface area contributed by atoms with Gasteiger partial charge in [0, 0.05) is 13.0 Å². The molecule has 0 aromatic carbocycles. The molecule has 3 N–H and O–H groups in total. The first-order chi connectivity index (χ1) is 9.51. The number of hydrogen-bond acceptors (Lipinski definition) is 6. The summed E-state index contributed by atoms with van der Waals surface area (Å²) in [6.45, 7) is 6.70. The molecule has 108 valence electrons. The number of amides is 1. The van der Waals surface area contributed by atoms with Crippen LogP contribution < -0.4 is 11.1 Å². The summed E-state index contributed by atoms with van der Waals surface area (Å²) in [4.78, 5) is 12.2. The molecule has 20 heavy (non-hydrogen) atoms. The standard InChI is InChI=1S/C12H18N6OS/c1-4-18-10(8(13)6-14-18)11(19)15-12-17-16-9(20-12)5-7(2)3/h6-7H,4-5,13H2,1-3H3,(H,15,17,19). The lowest BCUT2D eigenvalue weighted by molar-refractivity contribution is 0.101. The van der Waals surface area contributed by atoms with Crippen LogP contribution in [-0.2, 0) is 13.0 Å². The van der Waals surface area contributed by atoms with Crippen molar-refractivity contribution < 1.29 is 4.79 Å². The van der Waals surface area contributed by atoms with Crippen LogP contribution in [0.4, 0.5) is 10.8 Å². The van der Waals surface area contributed by atoms with Crippen molar-refractivity contribution in [3.8, 4) is 0 Å². The summed E-state index contributed by atoms with van der Waals surface area (Å²) in [5.41, 5.74) is 6.48. The maximum atomic E-state index is 12.2. The minimum Gasteiger partial charge on any atom is -0.396 e. The van der Waals surface area contributed by atoms with Crippen LogP contribution in [0.5, 0.6) is 0 Å². The van der Waals surface area contributed by atoms with E-state index in [0.29, 0.717) is 29.0 Å². The van der Waals surface area contributed by atoms with Gasteiger partial charge in [-0.25, -0.2) is 0 Å². The van der Waals surface area contributed by atoms with E-state index in [4.69, 9.17) is 5.73 Å². The van der Waals surface area contributed by atoms with Crippen molar-refractivity contribution in [1.29, 1.82) is 0 Å². The SMILES string of the molecule is CCn1ncc(N)c1C(=O)Nc1nnc(CC(C)C)s1. The Morgan fingerprint density at radius 1 is 1.50 bits per heavy atom. The maximum absolute atomic E-state index is 12.2. The molecule has 0 bridgehead atoms. The number of nitrogen functional groups attached to an aromatic ring is 1. The lowest BCUT2D eigenvalue weighted by Crippen LogP contribution is -2.18. The molecule has 0 fully saturated rings. The molecule has 2 heterocycles. The van der Waals surface area contributed by atoms with Crippen LogP contribution in [0.2, 0.25) is 0 Å². The van der Waals surface area contributed by atoms with Gasteiger partial charge in [-0.2, -0.15) is 5.10 Å². The Bertz CT molecular complexity index is 603. The second kappa shape index (κ2) is 6.00. The molecular formula is C12H18N6OS. The summed E-state index contributed by atoms with van der Waals surface area (Å²) in [6.07, 6.45) is 2.32. The van der Waals surface area contributed by atoms with Crippen molar-refractivity contribution in [2.75, 3.05) is 11.1 Å². The normalized spacial score (nSPS) is 11.0. The number of rotatable bonds is 5. The average Bonchev–Trinajstić information content (AvgIpc) is 2.95. The molecule has 0 aliphatic rings. The van der Waals surface area contributed by atoms with E-state index in [1.165, 1.54) is 17.5 Å². The predicted molar refractivity (Wildman–Crippen MR) is 78.7 cm³/mol. The summed E-state index contributed by atoms with van der Waals surface area (Å²) in [5, 5.41) is 16.2. The molecule has 0 aliphatic heterocycles. The van der Waals surface area contributed by atoms with Gasteiger partial charge in [0.05, 0.1) is 11.9 Å². The number of hydrogen-bond donors (Lipinski definition) is 2. The third-order valence-electron chi connectivity index (χ3n) is 2.65. The fourth-order valence-corrected chi connectivity index (χ4v) is 2.73. The Kier molecular flexibility index (Phi) is 4.33. The minimum absolute atomic E-state index is 0.311. The Labute approximate surface area is 121 Å². The third-order valence-corrected chi connectivity index (χ3v) is 3.51. The van der Waals surface area contributed by atoms with E-state index < -0.39 is 0 Å². The molecule has 2 aromatic rings. The summed E-state index contributed by atoms with van der Waals surface area (Å²) in [7, 11) is 0. The van der Waals surface area contributed by atoms with Crippen LogP contribution in [-0.4, -0.2) is 25.9 Å². The minimum atomic E-state index is -0.311. The monoisotopic (exact) mass is 294 g/mol. The fourth-order valence-electron chi connectivity index (χ4n) is 1.78. The molecule has 2 aromatic heterocycles. The van der Waals surface area contributed by atoms with E-state index in [1.807, 2.05) is 6.92 Å². The lowest BCUT2D eigenvalue weighted by atomic mass is 10.1. The summed E-state index contributed by atoms with van der Waals surface area (Å²) in [5.74, 6) is 0.192. The second-order valence-corrected chi connectivity index (χ2v) is 5.88. The van der Waals surface area contributed by atoms with Gasteiger partial charge in [0.2, 0.25) is 5.13 Å². The largest absolute Gasteiger partial charge is 0.396 e. The van der Waals surface area contributed by atoms with E-state index in [2.05, 4.69) is 34.5 Å². The summed E-state index contributed by atoms with van der Waals surface area (Å²) < 4.78 is 1.56. The topological polar surface area (TPSA) is 98.7 Å². The molecule has 0 aliphatic carbocycles. The number of carbonyl (C=O) groups excluding carboxylic acids is 1. The number of aromatic nitrogens is 4. The van der Waals surface area contributed by atoms with Crippen LogP contribution in [0.25, 0.3) is 0 Å². The zero-order valence-corrected chi connectivity index (χ0v) is 12.6. The van der Waals surface area contributed by atoms with Crippen LogP contribution >= 0.6 is 11.3 Å². The molecule has 2 rings (SSSR count). The van der Waals surface area contributed by atoms with E-state index >= 15 is 0 Å². The van der Waals surface area contributed by atoms with E-state index in [1.54, 1.807) is 4.68 Å². The quantitative estimate of drug-likeness (QED) is 0.876. The molecule has 1 amide bonds. The number of nitrogens with one attached hydrogen (secondary N) is 1. The third kappa shape index (κ3) is 3.13. The molecule has 8 heteroatoms. The number of nitrogens with two attached hydrogens (primary N) is 1. The van der Waals surface area contributed by atoms with Crippen molar-refractivity contribution in [2.24, 2.45) is 5.92 Å². The first-order valence-corrected chi connectivity index (χ1v) is 7.28. The zero-order chi connectivity index (χ0) is 14.7. The van der Waals surface area contributed by atoms with E-state index in [9.17, 15) is 4.79 Å². The van der Waals surface area contributed by atoms with Gasteiger partial charge in [0.15, 0.2) is 0 Å². The average molecular weight is 294 g/mol. The van der Waals surface area contributed by atoms with Crippen LogP contribution in [0, 0.1) is 5.92 Å². The Balaban J connectivity index is 2.11. The van der Waals surface area contributed by atoms with Gasteiger partial charge >= 0.3 is 0 Å². The molecule has 0 spiro atoms.